The van der Waals surface area contributed by atoms with Crippen molar-refractivity contribution in [3.05, 3.63) is 59.4 Å². The fourth-order valence-electron chi connectivity index (χ4n) is 5.05. The maximum absolute atomic E-state index is 13.4. The molecule has 1 amide bonds. The van der Waals surface area contributed by atoms with E-state index >= 15 is 0 Å². The van der Waals surface area contributed by atoms with Crippen molar-refractivity contribution in [2.24, 2.45) is 0 Å². The number of likely N-dealkylation sites (tertiary alicyclic amines) is 1. The van der Waals surface area contributed by atoms with Gasteiger partial charge in [-0.15, -0.1) is 0 Å². The van der Waals surface area contributed by atoms with Crippen LogP contribution >= 0.6 is 0 Å². The van der Waals surface area contributed by atoms with Crippen molar-refractivity contribution in [3.8, 4) is 5.75 Å². The van der Waals surface area contributed by atoms with Crippen molar-refractivity contribution in [1.82, 2.24) is 9.88 Å². The Bertz CT molecular complexity index is 1130. The number of aromatic nitrogens is 1. The largest absolute Gasteiger partial charge is 0.495 e. The molecule has 1 aromatic carbocycles. The van der Waals surface area contributed by atoms with E-state index in [1.807, 2.05) is 30.3 Å². The quantitative estimate of drug-likeness (QED) is 0.501. The highest BCUT2D eigenvalue weighted by Crippen LogP contribution is 2.53. The number of hydrogen-bond acceptors (Lipinski definition) is 6. The Hall–Kier alpha value is -3.30. The predicted molar refractivity (Wildman–Crippen MR) is 123 cm³/mol. The fourth-order valence-corrected chi connectivity index (χ4v) is 5.05. The Morgan fingerprint density at radius 2 is 1.83 bits per heavy atom. The van der Waals surface area contributed by atoms with Crippen molar-refractivity contribution < 1.29 is 37.0 Å². The molecule has 0 bridgehead atoms. The Kier molecular flexibility index (Phi) is 6.66. The Morgan fingerprint density at radius 1 is 1.14 bits per heavy atom. The summed E-state index contributed by atoms with van der Waals surface area (Å²) in [5.74, 6) is -1.72. The lowest BCUT2D eigenvalue weighted by Crippen LogP contribution is -2.53. The molecule has 0 N–H and O–H groups in total. The minimum Gasteiger partial charge on any atom is -0.495 e. The summed E-state index contributed by atoms with van der Waals surface area (Å²) in [6.45, 7) is 5.67. The number of pyridine rings is 1. The molecule has 0 unspecified atom stereocenters. The number of carbonyl (C=O) groups is 2. The molecule has 2 aliphatic heterocycles. The van der Waals surface area contributed by atoms with Gasteiger partial charge in [-0.2, -0.15) is 13.2 Å². The van der Waals surface area contributed by atoms with Crippen LogP contribution in [0.2, 0.25) is 0 Å². The van der Waals surface area contributed by atoms with Crippen LogP contribution in [-0.2, 0) is 20.4 Å². The zero-order valence-corrected chi connectivity index (χ0v) is 20.6. The second kappa shape index (κ2) is 9.29. The van der Waals surface area contributed by atoms with Crippen molar-refractivity contribution in [2.45, 2.75) is 69.4 Å². The first-order valence-electron chi connectivity index (χ1n) is 11.7. The minimum atomic E-state index is -4.69. The van der Waals surface area contributed by atoms with E-state index in [0.717, 1.165) is 17.7 Å². The highest BCUT2D eigenvalue weighted by molar-refractivity contribution is 5.82. The molecule has 1 aromatic heterocycles. The maximum atomic E-state index is 13.4. The van der Waals surface area contributed by atoms with Crippen LogP contribution in [0.3, 0.4) is 0 Å². The van der Waals surface area contributed by atoms with Crippen LogP contribution in [0.1, 0.15) is 68.9 Å². The van der Waals surface area contributed by atoms with Gasteiger partial charge in [0, 0.05) is 13.0 Å². The number of rotatable bonds is 3. The van der Waals surface area contributed by atoms with Crippen LogP contribution in [-0.4, -0.2) is 46.8 Å². The van der Waals surface area contributed by atoms with Crippen LogP contribution in [0.15, 0.2) is 42.5 Å². The van der Waals surface area contributed by atoms with Gasteiger partial charge in [0.2, 0.25) is 0 Å². The molecule has 194 valence electrons. The van der Waals surface area contributed by atoms with Crippen LogP contribution in [0.25, 0.3) is 0 Å². The molecule has 7 nitrogen and oxygen atoms in total. The van der Waals surface area contributed by atoms with Crippen molar-refractivity contribution in [1.29, 1.82) is 0 Å². The number of ether oxygens (including phenoxy) is 3. The van der Waals surface area contributed by atoms with Crippen LogP contribution in [0, 0.1) is 0 Å². The predicted octanol–water partition coefficient (Wildman–Crippen LogP) is 5.65. The van der Waals surface area contributed by atoms with Crippen molar-refractivity contribution >= 4 is 12.1 Å². The number of halogens is 3. The standard InChI is InChI=1S/C26H29F3N2O5/c1-24(2,3)36-23(33)31-14-8-13-25(21(31)16-9-6-5-7-10-16)15-17(22(32)35-25)20-18(34-4)11-12-19(30-20)26(27,28)29/h5-7,9-12,17,21H,8,13-15H2,1-4H3/t17-,21+,25-/m1/s1. The van der Waals surface area contributed by atoms with Gasteiger partial charge >= 0.3 is 18.2 Å². The molecule has 3 heterocycles. The summed E-state index contributed by atoms with van der Waals surface area (Å²) in [6, 6.07) is 10.4. The van der Waals surface area contributed by atoms with Crippen molar-refractivity contribution in [2.75, 3.05) is 13.7 Å². The number of esters is 1. The first-order chi connectivity index (χ1) is 16.8. The van der Waals surface area contributed by atoms with Gasteiger partial charge in [-0.3, -0.25) is 9.69 Å². The molecule has 0 aliphatic carbocycles. The first kappa shape index (κ1) is 25.8. The molecule has 2 fully saturated rings. The number of hydrogen-bond donors (Lipinski definition) is 0. The summed E-state index contributed by atoms with van der Waals surface area (Å²) in [5.41, 5.74) is -2.42. The molecular formula is C26H29F3N2O5. The topological polar surface area (TPSA) is 78.0 Å². The van der Waals surface area contributed by atoms with E-state index in [0.29, 0.717) is 19.4 Å². The van der Waals surface area contributed by atoms with E-state index in [1.54, 1.807) is 25.7 Å². The lowest BCUT2D eigenvalue weighted by molar-refractivity contribution is -0.160. The summed E-state index contributed by atoms with van der Waals surface area (Å²) in [5, 5.41) is 0. The van der Waals surface area contributed by atoms with E-state index in [1.165, 1.54) is 7.11 Å². The van der Waals surface area contributed by atoms with Gasteiger partial charge in [-0.1, -0.05) is 30.3 Å². The van der Waals surface area contributed by atoms with Crippen LogP contribution in [0.4, 0.5) is 18.0 Å². The van der Waals surface area contributed by atoms with Gasteiger partial charge in [0.1, 0.15) is 34.6 Å². The summed E-state index contributed by atoms with van der Waals surface area (Å²) < 4.78 is 57.1. The highest BCUT2D eigenvalue weighted by Gasteiger charge is 2.58. The molecule has 0 saturated carbocycles. The third kappa shape index (κ3) is 4.99. The molecule has 3 atom stereocenters. The minimum absolute atomic E-state index is 0.0371. The highest BCUT2D eigenvalue weighted by atomic mass is 19.4. The van der Waals surface area contributed by atoms with Gasteiger partial charge in [0.25, 0.3) is 0 Å². The van der Waals surface area contributed by atoms with Gasteiger partial charge < -0.3 is 14.2 Å². The van der Waals surface area contributed by atoms with Crippen molar-refractivity contribution in [3.63, 3.8) is 0 Å². The normalized spacial score (nSPS) is 24.5. The molecular weight excluding hydrogens is 477 g/mol. The van der Waals surface area contributed by atoms with Gasteiger partial charge in [-0.05, 0) is 51.3 Å². The van der Waals surface area contributed by atoms with E-state index in [-0.39, 0.29) is 17.9 Å². The average molecular weight is 507 g/mol. The van der Waals surface area contributed by atoms with Gasteiger partial charge in [0.05, 0.1) is 12.8 Å². The molecule has 1 spiro atoms. The van der Waals surface area contributed by atoms with E-state index < -0.39 is 47.1 Å². The Morgan fingerprint density at radius 3 is 2.44 bits per heavy atom. The SMILES string of the molecule is COc1ccc(C(F)(F)F)nc1[C@H]1C[C@@]2(CCCN(C(=O)OC(C)(C)C)[C@H]2c2ccccc2)OC1=O. The molecule has 10 heteroatoms. The second-order valence-corrected chi connectivity index (χ2v) is 10.1. The van der Waals surface area contributed by atoms with Gasteiger partial charge in [-0.25, -0.2) is 9.78 Å². The zero-order valence-electron chi connectivity index (χ0n) is 20.6. The maximum Gasteiger partial charge on any atom is 0.433 e. The number of amides is 1. The van der Waals surface area contributed by atoms with Crippen LogP contribution in [0.5, 0.6) is 5.75 Å². The first-order valence-corrected chi connectivity index (χ1v) is 11.7. The lowest BCUT2D eigenvalue weighted by atomic mass is 9.76. The molecule has 4 rings (SSSR count). The van der Waals surface area contributed by atoms with E-state index in [9.17, 15) is 22.8 Å². The Labute approximate surface area is 207 Å². The molecule has 2 saturated heterocycles. The number of carbonyl (C=O) groups excluding carboxylic acids is 2. The fraction of sp³-hybridized carbons (Fsp3) is 0.500. The number of piperidine rings is 1. The molecule has 2 aromatic rings. The monoisotopic (exact) mass is 506 g/mol. The van der Waals surface area contributed by atoms with E-state index in [2.05, 4.69) is 4.98 Å². The summed E-state index contributed by atoms with van der Waals surface area (Å²) in [4.78, 5) is 31.8. The zero-order chi connectivity index (χ0) is 26.3. The molecule has 2 aliphatic rings. The Balaban J connectivity index is 1.77. The van der Waals surface area contributed by atoms with E-state index in [4.69, 9.17) is 14.2 Å². The molecule has 36 heavy (non-hydrogen) atoms. The number of nitrogens with zero attached hydrogens (tertiary/aromatic N) is 2. The third-order valence-corrected chi connectivity index (χ3v) is 6.42. The summed E-state index contributed by atoms with van der Waals surface area (Å²) >= 11 is 0. The lowest BCUT2D eigenvalue weighted by Gasteiger charge is -2.47. The second-order valence-electron chi connectivity index (χ2n) is 10.1. The number of alkyl halides is 3. The summed E-state index contributed by atoms with van der Waals surface area (Å²) in [6.07, 6.45) is -4.25. The number of methoxy groups -OCH3 is 1. The van der Waals surface area contributed by atoms with Gasteiger partial charge in [0.15, 0.2) is 0 Å². The smallest absolute Gasteiger partial charge is 0.433 e. The third-order valence-electron chi connectivity index (χ3n) is 6.42. The number of benzene rings is 1. The average Bonchev–Trinajstić information content (AvgIpc) is 3.13. The summed E-state index contributed by atoms with van der Waals surface area (Å²) in [7, 11) is 1.31. The molecule has 0 radical (unpaired) electrons. The van der Waals surface area contributed by atoms with Crippen LogP contribution < -0.4 is 4.74 Å².